The first-order chi connectivity index (χ1) is 10.3. The zero-order chi connectivity index (χ0) is 14.7. The Balaban J connectivity index is 1.87. The fraction of sp³-hybridized carbons (Fsp3) is 0.167. The highest BCUT2D eigenvalue weighted by molar-refractivity contribution is 5.83. The van der Waals surface area contributed by atoms with E-state index in [9.17, 15) is 0 Å². The van der Waals surface area contributed by atoms with E-state index < -0.39 is 0 Å². The van der Waals surface area contributed by atoms with Crippen LogP contribution >= 0.6 is 0 Å². The molecule has 0 bridgehead atoms. The van der Waals surface area contributed by atoms with Gasteiger partial charge in [-0.25, -0.2) is 4.98 Å². The summed E-state index contributed by atoms with van der Waals surface area (Å²) in [4.78, 5) is 4.39. The number of ether oxygens (including phenoxy) is 1. The average molecular weight is 278 g/mol. The number of nitrogens with zero attached hydrogens (tertiary/aromatic N) is 1. The number of fused-ring (bicyclic) bond motifs is 1. The molecular weight excluding hydrogens is 260 g/mol. The lowest BCUT2D eigenvalue weighted by atomic mass is 10.1. The van der Waals surface area contributed by atoms with Gasteiger partial charge in [0.25, 0.3) is 0 Å². The molecule has 0 aliphatic carbocycles. The monoisotopic (exact) mass is 278 g/mol. The molecule has 21 heavy (non-hydrogen) atoms. The number of rotatable bonds is 4. The Labute approximate surface area is 124 Å². The fourth-order valence-electron chi connectivity index (χ4n) is 2.37. The van der Waals surface area contributed by atoms with Crippen LogP contribution in [0.4, 0.5) is 0 Å². The van der Waals surface area contributed by atoms with E-state index in [0.717, 1.165) is 28.7 Å². The van der Waals surface area contributed by atoms with Crippen LogP contribution in [0.5, 0.6) is 11.6 Å². The molecule has 1 heterocycles. The van der Waals surface area contributed by atoms with E-state index in [1.165, 1.54) is 5.39 Å². The number of aromatic nitrogens is 1. The number of pyridine rings is 1. The minimum atomic E-state index is 0.631. The zero-order valence-corrected chi connectivity index (χ0v) is 12.0. The minimum absolute atomic E-state index is 0.631. The lowest BCUT2D eigenvalue weighted by Gasteiger charge is -2.09. The lowest BCUT2D eigenvalue weighted by Crippen LogP contribution is -2.03. The molecule has 0 spiro atoms. The van der Waals surface area contributed by atoms with Gasteiger partial charge < -0.3 is 10.5 Å². The van der Waals surface area contributed by atoms with E-state index in [4.69, 9.17) is 10.5 Å². The Bertz CT molecular complexity index is 768. The number of hydrogen-bond donors (Lipinski definition) is 1. The van der Waals surface area contributed by atoms with E-state index in [0.29, 0.717) is 12.4 Å². The van der Waals surface area contributed by atoms with Gasteiger partial charge in [-0.15, -0.1) is 0 Å². The van der Waals surface area contributed by atoms with Crippen molar-refractivity contribution in [1.82, 2.24) is 4.98 Å². The largest absolute Gasteiger partial charge is 0.439 e. The maximum absolute atomic E-state index is 5.91. The van der Waals surface area contributed by atoms with Crippen LogP contribution in [0.1, 0.15) is 11.1 Å². The van der Waals surface area contributed by atoms with E-state index in [-0.39, 0.29) is 0 Å². The summed E-state index contributed by atoms with van der Waals surface area (Å²) < 4.78 is 5.91. The maximum Gasteiger partial charge on any atom is 0.222 e. The summed E-state index contributed by atoms with van der Waals surface area (Å²) in [6.07, 6.45) is 2.67. The second-order valence-electron chi connectivity index (χ2n) is 5.12. The van der Waals surface area contributed by atoms with Crippen molar-refractivity contribution in [3.63, 3.8) is 0 Å². The molecule has 0 aliphatic heterocycles. The molecule has 0 amide bonds. The molecule has 2 aromatic carbocycles. The predicted octanol–water partition coefficient (Wildman–Crippen LogP) is 3.84. The maximum atomic E-state index is 5.91. The molecule has 0 unspecified atom stereocenters. The van der Waals surface area contributed by atoms with Crippen LogP contribution in [-0.2, 0) is 6.42 Å². The zero-order valence-electron chi connectivity index (χ0n) is 12.0. The minimum Gasteiger partial charge on any atom is -0.439 e. The second kappa shape index (κ2) is 5.94. The number of aryl methyl sites for hydroxylation is 1. The molecule has 3 nitrogen and oxygen atoms in total. The Morgan fingerprint density at radius 2 is 1.86 bits per heavy atom. The van der Waals surface area contributed by atoms with Crippen molar-refractivity contribution in [2.45, 2.75) is 13.3 Å². The third kappa shape index (κ3) is 3.03. The molecule has 1 aromatic heterocycles. The highest BCUT2D eigenvalue weighted by atomic mass is 16.5. The van der Waals surface area contributed by atoms with Crippen LogP contribution in [0.2, 0.25) is 0 Å². The molecule has 0 saturated heterocycles. The Morgan fingerprint density at radius 1 is 1.05 bits per heavy atom. The predicted molar refractivity (Wildman–Crippen MR) is 85.8 cm³/mol. The summed E-state index contributed by atoms with van der Waals surface area (Å²) >= 11 is 0. The molecule has 0 aliphatic rings. The summed E-state index contributed by atoms with van der Waals surface area (Å²) in [6, 6.07) is 16.4. The van der Waals surface area contributed by atoms with Crippen LogP contribution in [0.25, 0.3) is 10.8 Å². The van der Waals surface area contributed by atoms with Crippen molar-refractivity contribution in [2.75, 3.05) is 6.54 Å². The second-order valence-corrected chi connectivity index (χ2v) is 5.12. The molecule has 0 radical (unpaired) electrons. The van der Waals surface area contributed by atoms with Gasteiger partial charge in [0, 0.05) is 11.8 Å². The van der Waals surface area contributed by atoms with Crippen molar-refractivity contribution in [3.05, 3.63) is 65.9 Å². The summed E-state index contributed by atoms with van der Waals surface area (Å²) in [5, 5.41) is 2.36. The standard InChI is InChI=1S/C18H18N2O/c1-13-10-14(8-9-19)12-20-18(13)21-17-7-6-15-4-2-3-5-16(15)11-17/h2-7,10-12H,8-9,19H2,1H3. The molecule has 2 N–H and O–H groups in total. The molecule has 3 heteroatoms. The number of benzene rings is 2. The first-order valence-electron chi connectivity index (χ1n) is 7.08. The van der Waals surface area contributed by atoms with Crippen molar-refractivity contribution >= 4 is 10.8 Å². The smallest absolute Gasteiger partial charge is 0.222 e. The Morgan fingerprint density at radius 3 is 2.62 bits per heavy atom. The third-order valence-corrected chi connectivity index (χ3v) is 3.46. The molecule has 3 aromatic rings. The molecule has 0 atom stereocenters. The van der Waals surface area contributed by atoms with Crippen molar-refractivity contribution in [3.8, 4) is 11.6 Å². The Hall–Kier alpha value is -2.39. The van der Waals surface area contributed by atoms with E-state index in [1.54, 1.807) is 0 Å². The van der Waals surface area contributed by atoms with Gasteiger partial charge in [-0.2, -0.15) is 0 Å². The van der Waals surface area contributed by atoms with Crippen LogP contribution < -0.4 is 10.5 Å². The number of hydrogen-bond acceptors (Lipinski definition) is 3. The fourth-order valence-corrected chi connectivity index (χ4v) is 2.37. The van der Waals surface area contributed by atoms with Gasteiger partial charge in [0.1, 0.15) is 5.75 Å². The molecule has 0 fully saturated rings. The summed E-state index contributed by atoms with van der Waals surface area (Å²) in [7, 11) is 0. The van der Waals surface area contributed by atoms with Crippen molar-refractivity contribution in [1.29, 1.82) is 0 Å². The van der Waals surface area contributed by atoms with Crippen LogP contribution in [-0.4, -0.2) is 11.5 Å². The third-order valence-electron chi connectivity index (χ3n) is 3.46. The van der Waals surface area contributed by atoms with Gasteiger partial charge in [0.05, 0.1) is 0 Å². The van der Waals surface area contributed by atoms with Gasteiger partial charge in [0.15, 0.2) is 0 Å². The van der Waals surface area contributed by atoms with E-state index in [2.05, 4.69) is 29.2 Å². The highest BCUT2D eigenvalue weighted by Gasteiger charge is 2.05. The van der Waals surface area contributed by atoms with Crippen LogP contribution in [0.15, 0.2) is 54.7 Å². The van der Waals surface area contributed by atoms with Gasteiger partial charge >= 0.3 is 0 Å². The van der Waals surface area contributed by atoms with Gasteiger partial charge in [-0.05, 0) is 54.4 Å². The number of nitrogens with two attached hydrogens (primary N) is 1. The summed E-state index contributed by atoms with van der Waals surface area (Å²) in [5.74, 6) is 1.45. The highest BCUT2D eigenvalue weighted by Crippen LogP contribution is 2.26. The quantitative estimate of drug-likeness (QED) is 0.789. The average Bonchev–Trinajstić information content (AvgIpc) is 2.50. The molecular formula is C18H18N2O. The summed E-state index contributed by atoms with van der Waals surface area (Å²) in [6.45, 7) is 2.63. The first kappa shape index (κ1) is 13.6. The molecule has 3 rings (SSSR count). The van der Waals surface area contributed by atoms with E-state index in [1.807, 2.05) is 37.4 Å². The normalized spacial score (nSPS) is 10.8. The van der Waals surface area contributed by atoms with Crippen LogP contribution in [0.3, 0.4) is 0 Å². The Kier molecular flexibility index (Phi) is 3.84. The SMILES string of the molecule is Cc1cc(CCN)cnc1Oc1ccc2ccccc2c1. The topological polar surface area (TPSA) is 48.1 Å². The van der Waals surface area contributed by atoms with Gasteiger partial charge in [0.2, 0.25) is 5.88 Å². The lowest BCUT2D eigenvalue weighted by molar-refractivity contribution is 0.459. The van der Waals surface area contributed by atoms with Gasteiger partial charge in [-0.1, -0.05) is 30.3 Å². The molecule has 0 saturated carbocycles. The first-order valence-corrected chi connectivity index (χ1v) is 7.08. The van der Waals surface area contributed by atoms with Gasteiger partial charge in [-0.3, -0.25) is 0 Å². The summed E-state index contributed by atoms with van der Waals surface area (Å²) in [5.41, 5.74) is 7.73. The van der Waals surface area contributed by atoms with Crippen molar-refractivity contribution < 1.29 is 4.74 Å². The molecule has 106 valence electrons. The van der Waals surface area contributed by atoms with Crippen molar-refractivity contribution in [2.24, 2.45) is 5.73 Å². The van der Waals surface area contributed by atoms with Crippen LogP contribution in [0, 0.1) is 6.92 Å². The van der Waals surface area contributed by atoms with E-state index >= 15 is 0 Å².